The van der Waals surface area contributed by atoms with Crippen LogP contribution < -0.4 is 5.32 Å². The van der Waals surface area contributed by atoms with E-state index in [0.29, 0.717) is 39.6 Å². The van der Waals surface area contributed by atoms with Gasteiger partial charge in [-0.1, -0.05) is 13.8 Å². The molecule has 192 valence electrons. The van der Waals surface area contributed by atoms with Gasteiger partial charge in [-0.25, -0.2) is 0 Å². The van der Waals surface area contributed by atoms with E-state index in [2.05, 4.69) is 24.1 Å². The van der Waals surface area contributed by atoms with Crippen LogP contribution in [0.5, 0.6) is 0 Å². The van der Waals surface area contributed by atoms with Crippen LogP contribution in [0.1, 0.15) is 68.2 Å². The zero-order chi connectivity index (χ0) is 24.0. The molecule has 0 saturated carbocycles. The topological polar surface area (TPSA) is 70.7 Å². The molecule has 0 aliphatic carbocycles. The number of hydrogen-bond donors (Lipinski definition) is 1. The normalized spacial score (nSPS) is 20.4. The van der Waals surface area contributed by atoms with Gasteiger partial charge in [-0.15, -0.1) is 0 Å². The molecular weight excluding hydrogens is 444 g/mol. The van der Waals surface area contributed by atoms with Gasteiger partial charge in [-0.3, -0.25) is 4.90 Å². The van der Waals surface area contributed by atoms with E-state index < -0.39 is 17.6 Å². The number of hydrogen-bond acceptors (Lipinski definition) is 8. The summed E-state index contributed by atoms with van der Waals surface area (Å²) in [6, 6.07) is 0.184. The Bertz CT molecular complexity index is 415. The highest BCUT2D eigenvalue weighted by Crippen LogP contribution is 2.38. The maximum Gasteiger partial charge on any atom is 0.519 e. The first-order valence-corrected chi connectivity index (χ1v) is 16.4. The number of piperazine rings is 1. The van der Waals surface area contributed by atoms with E-state index >= 15 is 0 Å². The van der Waals surface area contributed by atoms with Gasteiger partial charge in [0.1, 0.15) is 0 Å². The van der Waals surface area contributed by atoms with Crippen molar-refractivity contribution < 1.29 is 26.6 Å². The van der Waals surface area contributed by atoms with Gasteiger partial charge in [0, 0.05) is 70.9 Å². The Labute approximate surface area is 199 Å². The molecule has 8 nitrogen and oxygen atoms in total. The highest BCUT2D eigenvalue weighted by Gasteiger charge is 2.58. The van der Waals surface area contributed by atoms with Crippen LogP contribution in [0.4, 0.5) is 0 Å². The van der Waals surface area contributed by atoms with Gasteiger partial charge in [-0.2, -0.15) is 0 Å². The molecule has 0 spiro atoms. The Balaban J connectivity index is 3.46. The van der Waals surface area contributed by atoms with Crippen LogP contribution in [-0.4, -0.2) is 93.5 Å². The minimum Gasteiger partial charge on any atom is -0.374 e. The standard InChI is InChI=1S/C22H50N2O6Si2/c1-9-21(31(25-11-3,26-12-4)27-13-5)20-19-23-17-18-24(20)22(10-2)32(28-14-6,29-15-7)30-16-8/h20-23H,9-19H2,1-8H3. The first-order valence-electron chi connectivity index (χ1n) is 12.8. The Morgan fingerprint density at radius 1 is 0.688 bits per heavy atom. The lowest BCUT2D eigenvalue weighted by Crippen LogP contribution is -2.70. The van der Waals surface area contributed by atoms with Crippen molar-refractivity contribution in [2.45, 2.75) is 85.5 Å². The average Bonchev–Trinajstić information content (AvgIpc) is 2.77. The Kier molecular flexibility index (Phi) is 15.0. The Morgan fingerprint density at radius 3 is 1.50 bits per heavy atom. The second-order valence-electron chi connectivity index (χ2n) is 7.75. The summed E-state index contributed by atoms with van der Waals surface area (Å²) in [6.07, 6.45) is 1.81. The molecule has 1 fully saturated rings. The maximum atomic E-state index is 6.36. The lowest BCUT2D eigenvalue weighted by atomic mass is 10.1. The van der Waals surface area contributed by atoms with E-state index in [4.69, 9.17) is 26.6 Å². The van der Waals surface area contributed by atoms with Crippen LogP contribution >= 0.6 is 0 Å². The van der Waals surface area contributed by atoms with Crippen molar-refractivity contribution >= 4 is 17.6 Å². The predicted octanol–water partition coefficient (Wildman–Crippen LogP) is 3.46. The van der Waals surface area contributed by atoms with Crippen LogP contribution in [0.2, 0.25) is 5.54 Å². The minimum atomic E-state index is -2.94. The molecule has 1 rings (SSSR count). The summed E-state index contributed by atoms with van der Waals surface area (Å²) in [5.74, 6) is 0. The first-order chi connectivity index (χ1) is 15.5. The van der Waals surface area contributed by atoms with Gasteiger partial charge in [0.25, 0.3) is 0 Å². The molecule has 0 amide bonds. The van der Waals surface area contributed by atoms with Crippen LogP contribution in [0.25, 0.3) is 0 Å². The van der Waals surface area contributed by atoms with E-state index in [1.54, 1.807) is 0 Å². The third kappa shape index (κ3) is 7.30. The third-order valence-electron chi connectivity index (χ3n) is 5.95. The molecule has 1 saturated heterocycles. The summed E-state index contributed by atoms with van der Waals surface area (Å²) in [7, 11) is -5.85. The predicted molar refractivity (Wildman–Crippen MR) is 133 cm³/mol. The fourth-order valence-corrected chi connectivity index (χ4v) is 11.7. The fourth-order valence-electron chi connectivity index (χ4n) is 5.01. The molecule has 0 aromatic rings. The summed E-state index contributed by atoms with van der Waals surface area (Å²) in [5, 5.41) is 3.61. The minimum absolute atomic E-state index is 0.0695. The van der Waals surface area contributed by atoms with E-state index in [1.165, 1.54) is 0 Å². The van der Waals surface area contributed by atoms with Crippen molar-refractivity contribution in [3.63, 3.8) is 0 Å². The van der Waals surface area contributed by atoms with E-state index in [-0.39, 0.29) is 17.2 Å². The molecule has 1 aliphatic heterocycles. The van der Waals surface area contributed by atoms with Gasteiger partial charge in [0.05, 0.1) is 5.67 Å². The van der Waals surface area contributed by atoms with Crippen molar-refractivity contribution in [3.05, 3.63) is 0 Å². The van der Waals surface area contributed by atoms with Crippen molar-refractivity contribution in [1.29, 1.82) is 0 Å². The molecule has 0 bridgehead atoms. The molecule has 1 aliphatic rings. The van der Waals surface area contributed by atoms with Gasteiger partial charge >= 0.3 is 17.6 Å². The lowest BCUT2D eigenvalue weighted by Gasteiger charge is -2.50. The molecule has 3 unspecified atom stereocenters. The largest absolute Gasteiger partial charge is 0.519 e. The second-order valence-corrected chi connectivity index (χ2v) is 13.3. The summed E-state index contributed by atoms with van der Waals surface area (Å²) in [6.45, 7) is 22.7. The molecule has 1 heterocycles. The van der Waals surface area contributed by atoms with Crippen LogP contribution in [0, 0.1) is 0 Å². The summed E-state index contributed by atoms with van der Waals surface area (Å²) < 4.78 is 38.2. The number of nitrogens with zero attached hydrogens (tertiary/aromatic N) is 1. The zero-order valence-corrected chi connectivity index (χ0v) is 23.9. The maximum absolute atomic E-state index is 6.36. The molecule has 0 aromatic carbocycles. The van der Waals surface area contributed by atoms with Crippen molar-refractivity contribution in [1.82, 2.24) is 10.2 Å². The summed E-state index contributed by atoms with van der Waals surface area (Å²) in [5.41, 5.74) is 0.209. The Morgan fingerprint density at radius 2 is 1.12 bits per heavy atom. The van der Waals surface area contributed by atoms with E-state index in [1.807, 2.05) is 41.5 Å². The van der Waals surface area contributed by atoms with Gasteiger partial charge in [0.15, 0.2) is 0 Å². The third-order valence-corrected chi connectivity index (χ3v) is 13.4. The van der Waals surface area contributed by atoms with Crippen molar-refractivity contribution in [3.8, 4) is 0 Å². The highest BCUT2D eigenvalue weighted by molar-refractivity contribution is 6.63. The Hall–Kier alpha value is 0.114. The van der Waals surface area contributed by atoms with Crippen LogP contribution in [0.15, 0.2) is 0 Å². The van der Waals surface area contributed by atoms with Crippen molar-refractivity contribution in [2.24, 2.45) is 0 Å². The monoisotopic (exact) mass is 494 g/mol. The molecule has 3 atom stereocenters. The smallest absolute Gasteiger partial charge is 0.374 e. The molecule has 1 N–H and O–H groups in total. The van der Waals surface area contributed by atoms with Crippen LogP contribution in [-0.2, 0) is 26.6 Å². The average molecular weight is 495 g/mol. The summed E-state index contributed by atoms with van der Waals surface area (Å²) >= 11 is 0. The van der Waals surface area contributed by atoms with Crippen molar-refractivity contribution in [2.75, 3.05) is 59.3 Å². The fraction of sp³-hybridized carbons (Fsp3) is 1.00. The van der Waals surface area contributed by atoms with Gasteiger partial charge in [-0.05, 0) is 54.4 Å². The number of nitrogens with one attached hydrogen (secondary N) is 1. The highest BCUT2D eigenvalue weighted by atomic mass is 28.4. The molecule has 0 aromatic heterocycles. The van der Waals surface area contributed by atoms with Crippen LogP contribution in [0.3, 0.4) is 0 Å². The molecular formula is C22H50N2O6Si2. The van der Waals surface area contributed by atoms with E-state index in [0.717, 1.165) is 32.5 Å². The quantitative estimate of drug-likeness (QED) is 0.291. The lowest BCUT2D eigenvalue weighted by molar-refractivity contribution is 0.00216. The van der Waals surface area contributed by atoms with E-state index in [9.17, 15) is 0 Å². The molecule has 32 heavy (non-hydrogen) atoms. The first kappa shape index (κ1) is 30.1. The SMILES string of the molecule is CCO[Si](OCC)(OCC)C(CC)C1CNCCN1C(CC)[Si](OCC)(OCC)OCC. The van der Waals surface area contributed by atoms with Gasteiger partial charge < -0.3 is 31.9 Å². The second kappa shape index (κ2) is 15.9. The molecule has 10 heteroatoms. The zero-order valence-electron chi connectivity index (χ0n) is 21.9. The molecule has 0 radical (unpaired) electrons. The summed E-state index contributed by atoms with van der Waals surface area (Å²) in [4.78, 5) is 2.57. The number of rotatable bonds is 18. The van der Waals surface area contributed by atoms with Gasteiger partial charge in [0.2, 0.25) is 0 Å².